The van der Waals surface area contributed by atoms with E-state index in [1.165, 1.54) is 77.0 Å². The van der Waals surface area contributed by atoms with Crippen LogP contribution in [0.15, 0.2) is 182 Å². The van der Waals surface area contributed by atoms with Gasteiger partial charge in [-0.25, -0.2) is 4.79 Å². The second-order valence-corrected chi connectivity index (χ2v) is 23.7. The van der Waals surface area contributed by atoms with Crippen LogP contribution in [-0.4, -0.2) is 87.4 Å². The van der Waals surface area contributed by atoms with Gasteiger partial charge in [0, 0.05) is 12.8 Å². The molecule has 0 saturated heterocycles. The lowest BCUT2D eigenvalue weighted by Gasteiger charge is -2.25. The van der Waals surface area contributed by atoms with E-state index in [0.717, 1.165) is 135 Å². The smallest absolute Gasteiger partial charge is 0.361 e. The van der Waals surface area contributed by atoms with Gasteiger partial charge in [-0.15, -0.1) is 0 Å². The molecule has 0 aliphatic carbocycles. The molecule has 0 bridgehead atoms. The van der Waals surface area contributed by atoms with Crippen molar-refractivity contribution < 1.29 is 42.9 Å². The predicted octanol–water partition coefficient (Wildman–Crippen LogP) is 22.0. The van der Waals surface area contributed by atoms with Gasteiger partial charge in [-0.3, -0.25) is 9.59 Å². The van der Waals surface area contributed by atoms with Gasteiger partial charge in [0.2, 0.25) is 0 Å². The number of esters is 2. The molecule has 2 unspecified atom stereocenters. The van der Waals surface area contributed by atoms with E-state index in [1.807, 2.05) is 21.1 Å². The predicted molar refractivity (Wildman–Crippen MR) is 382 cm³/mol. The number of ether oxygens (including phenoxy) is 4. The van der Waals surface area contributed by atoms with Crippen molar-refractivity contribution in [2.24, 2.45) is 0 Å². The van der Waals surface area contributed by atoms with E-state index in [1.54, 1.807) is 0 Å². The Hall–Kier alpha value is -5.61. The van der Waals surface area contributed by atoms with Gasteiger partial charge in [0.05, 0.1) is 34.4 Å². The minimum Gasteiger partial charge on any atom is -0.477 e. The quantitative estimate of drug-likeness (QED) is 0.0211. The van der Waals surface area contributed by atoms with Gasteiger partial charge in [0.25, 0.3) is 6.29 Å². The fourth-order valence-corrected chi connectivity index (χ4v) is 8.89. The average molecular weight is 1230 g/mol. The Morgan fingerprint density at radius 1 is 0.337 bits per heavy atom. The lowest BCUT2D eigenvalue weighted by Crippen LogP contribution is -2.40. The van der Waals surface area contributed by atoms with Gasteiger partial charge in [0.1, 0.15) is 13.2 Å². The largest absolute Gasteiger partial charge is 0.477 e. The molecule has 0 amide bonds. The number of carbonyl (C=O) groups is 3. The molecule has 89 heavy (non-hydrogen) atoms. The van der Waals surface area contributed by atoms with E-state index in [0.29, 0.717) is 17.4 Å². The summed E-state index contributed by atoms with van der Waals surface area (Å²) in [5, 5.41) is 9.75. The van der Waals surface area contributed by atoms with Gasteiger partial charge in [-0.05, 0) is 135 Å². The number of quaternary nitrogens is 1. The van der Waals surface area contributed by atoms with Crippen LogP contribution in [0.4, 0.5) is 0 Å². The minimum absolute atomic E-state index is 0.171. The fourth-order valence-electron chi connectivity index (χ4n) is 8.89. The molecule has 0 aromatic heterocycles. The maximum Gasteiger partial charge on any atom is 0.361 e. The molecule has 0 rings (SSSR count). The molecule has 9 heteroatoms. The normalized spacial score (nSPS) is 13.9. The summed E-state index contributed by atoms with van der Waals surface area (Å²) >= 11 is 0. The molecule has 500 valence electrons. The number of hydrogen-bond acceptors (Lipinski definition) is 7. The number of carboxylic acid groups (broad SMARTS) is 1. The second-order valence-electron chi connectivity index (χ2n) is 23.7. The van der Waals surface area contributed by atoms with E-state index in [9.17, 15) is 19.5 Å². The molecular formula is C80H128NO8+. The lowest BCUT2D eigenvalue weighted by atomic mass is 10.0. The first kappa shape index (κ1) is 83.4. The Balaban J connectivity index is 4.27. The number of nitrogens with zero attached hydrogens (tertiary/aromatic N) is 1. The van der Waals surface area contributed by atoms with Crippen LogP contribution in [0, 0.1) is 0 Å². The SMILES string of the molecule is CC/C=C\C/C=C\C/C=C\C/C=C\C/C=C\C/C=C\C/C=C\C/C=C\C/C=C\C/C=C\C/C=C\CCCCCC(=O)OC(COC(=O)CCCCCCCCCCCCCCCC/C=C\C/C=C\C/C=C\C/C=C\CC)COC(OCC[N+](C)(C)C)C(=O)O. The first-order valence-corrected chi connectivity index (χ1v) is 34.9. The Morgan fingerprint density at radius 3 is 0.910 bits per heavy atom. The molecule has 2 atom stereocenters. The van der Waals surface area contributed by atoms with Crippen LogP contribution in [0.1, 0.15) is 245 Å². The highest BCUT2D eigenvalue weighted by atomic mass is 16.7. The topological polar surface area (TPSA) is 108 Å². The molecule has 0 aliphatic rings. The monoisotopic (exact) mass is 1230 g/mol. The van der Waals surface area contributed by atoms with E-state index >= 15 is 0 Å². The van der Waals surface area contributed by atoms with Gasteiger partial charge < -0.3 is 28.5 Å². The molecule has 0 radical (unpaired) electrons. The molecule has 0 aromatic carbocycles. The average Bonchev–Trinajstić information content (AvgIpc) is 3.70. The van der Waals surface area contributed by atoms with Gasteiger partial charge in [-0.2, -0.15) is 0 Å². The van der Waals surface area contributed by atoms with Crippen molar-refractivity contribution in [3.63, 3.8) is 0 Å². The molecule has 0 spiro atoms. The zero-order valence-electron chi connectivity index (χ0n) is 57.0. The highest BCUT2D eigenvalue weighted by molar-refractivity contribution is 5.71. The van der Waals surface area contributed by atoms with Crippen molar-refractivity contribution in [1.82, 2.24) is 0 Å². The zero-order valence-corrected chi connectivity index (χ0v) is 57.0. The van der Waals surface area contributed by atoms with Crippen molar-refractivity contribution in [2.45, 2.75) is 257 Å². The maximum atomic E-state index is 12.9. The lowest BCUT2D eigenvalue weighted by molar-refractivity contribution is -0.870. The van der Waals surface area contributed by atoms with E-state index < -0.39 is 24.3 Å². The second kappa shape index (κ2) is 68.3. The molecule has 0 fully saturated rings. The summed E-state index contributed by atoms with van der Waals surface area (Å²) in [6, 6.07) is 0. The van der Waals surface area contributed by atoms with Gasteiger partial charge >= 0.3 is 17.9 Å². The van der Waals surface area contributed by atoms with Gasteiger partial charge in [0.15, 0.2) is 6.10 Å². The molecular weight excluding hydrogens is 1100 g/mol. The number of unbranched alkanes of at least 4 members (excludes halogenated alkanes) is 17. The Labute approximate surface area is 545 Å². The summed E-state index contributed by atoms with van der Waals surface area (Å²) in [7, 11) is 5.95. The number of allylic oxidation sites excluding steroid dienone is 30. The summed E-state index contributed by atoms with van der Waals surface area (Å²) in [4.78, 5) is 37.6. The number of aliphatic carboxylic acids is 1. The summed E-state index contributed by atoms with van der Waals surface area (Å²) in [6.45, 7) is 4.60. The third kappa shape index (κ3) is 69.7. The third-order valence-electron chi connectivity index (χ3n) is 14.2. The number of rotatable bonds is 62. The van der Waals surface area contributed by atoms with Crippen LogP contribution in [0.25, 0.3) is 0 Å². The van der Waals surface area contributed by atoms with E-state index in [2.05, 4.69) is 196 Å². The van der Waals surface area contributed by atoms with Crippen LogP contribution in [0.2, 0.25) is 0 Å². The summed E-state index contributed by atoms with van der Waals surface area (Å²) in [5.41, 5.74) is 0. The maximum absolute atomic E-state index is 12.9. The number of carboxylic acids is 1. The Bertz CT molecular complexity index is 2120. The Kier molecular flexibility index (Phi) is 64.0. The molecule has 9 nitrogen and oxygen atoms in total. The third-order valence-corrected chi connectivity index (χ3v) is 14.2. The van der Waals surface area contributed by atoms with E-state index in [-0.39, 0.29) is 38.6 Å². The first-order valence-electron chi connectivity index (χ1n) is 34.9. The summed E-state index contributed by atoms with van der Waals surface area (Å²) < 4.78 is 22.9. The zero-order chi connectivity index (χ0) is 64.7. The van der Waals surface area contributed by atoms with E-state index in [4.69, 9.17) is 18.9 Å². The fraction of sp³-hybridized carbons (Fsp3) is 0.588. The highest BCUT2D eigenvalue weighted by Gasteiger charge is 2.25. The summed E-state index contributed by atoms with van der Waals surface area (Å²) in [5.74, 6) is -2.07. The standard InChI is InChI=1S/C80H127NO8/c1-6-8-10-12-14-16-18-20-22-24-26-28-30-32-34-35-36-37-38-39-40-41-42-43-45-47-49-51-53-55-57-59-61-63-65-67-69-71-78(83)89-76(75-88-80(79(84)85)86-73-72-81(3,4)5)74-87-77(82)70-68-66-64-62-60-58-56-54-52-50-48-46-44-33-31-29-27-25-23-21-19-17-15-13-11-9-7-2/h8-11,14-17,20-23,26-29,32,34,36-37,39-40,42-43,47,49,53,55,59,61,76,80H,6-7,12-13,18-19,24-25,30-31,33,35,38,41,44-46,48,50-52,54,56-58,60,62-75H2,1-5H3/p+1/b10-8-,11-9-,16-14-,17-15-,22-20-,23-21-,28-26-,29-27-,34-32-,37-36-,40-39-,43-42-,49-47-,55-53-,61-59-. The highest BCUT2D eigenvalue weighted by Crippen LogP contribution is 2.15. The summed E-state index contributed by atoms with van der Waals surface area (Å²) in [6.07, 6.45) is 101. The molecule has 0 aromatic rings. The minimum atomic E-state index is -1.53. The van der Waals surface area contributed by atoms with Crippen LogP contribution in [0.5, 0.6) is 0 Å². The van der Waals surface area contributed by atoms with Crippen molar-refractivity contribution in [3.8, 4) is 0 Å². The first-order chi connectivity index (χ1) is 43.6. The van der Waals surface area contributed by atoms with Crippen molar-refractivity contribution in [1.29, 1.82) is 0 Å². The van der Waals surface area contributed by atoms with Crippen LogP contribution in [0.3, 0.4) is 0 Å². The molecule has 0 aliphatic heterocycles. The Morgan fingerprint density at radius 2 is 0.607 bits per heavy atom. The number of hydrogen-bond donors (Lipinski definition) is 1. The van der Waals surface area contributed by atoms with Crippen LogP contribution in [-0.2, 0) is 33.3 Å². The molecule has 0 heterocycles. The number of carbonyl (C=O) groups excluding carboxylic acids is 2. The van der Waals surface area contributed by atoms with Crippen molar-refractivity contribution in [3.05, 3.63) is 182 Å². The van der Waals surface area contributed by atoms with Crippen LogP contribution < -0.4 is 0 Å². The van der Waals surface area contributed by atoms with Gasteiger partial charge in [-0.1, -0.05) is 280 Å². The van der Waals surface area contributed by atoms with Crippen molar-refractivity contribution >= 4 is 17.9 Å². The molecule has 1 N–H and O–H groups in total. The van der Waals surface area contributed by atoms with Crippen molar-refractivity contribution in [2.75, 3.05) is 47.5 Å². The molecule has 0 saturated carbocycles. The number of likely N-dealkylation sites (N-methyl/N-ethyl adjacent to an activating group) is 1. The van der Waals surface area contributed by atoms with Crippen LogP contribution >= 0.6 is 0 Å².